The van der Waals surface area contributed by atoms with Crippen molar-refractivity contribution in [3.05, 3.63) is 47.2 Å². The average molecular weight is 189 g/mol. The molecule has 0 bridgehead atoms. The van der Waals surface area contributed by atoms with Gasteiger partial charge < -0.3 is 4.90 Å². The summed E-state index contributed by atoms with van der Waals surface area (Å²) in [5.74, 6) is 0. The third-order valence-electron chi connectivity index (χ3n) is 2.54. The molecule has 0 radical (unpaired) electrons. The van der Waals surface area contributed by atoms with Crippen LogP contribution in [0.4, 0.5) is 0 Å². The Labute approximate surface area is 87.1 Å². The molecule has 0 aromatic heterocycles. The summed E-state index contributed by atoms with van der Waals surface area (Å²) in [5.41, 5.74) is 3.99. The quantitative estimate of drug-likeness (QED) is 0.644. The van der Waals surface area contributed by atoms with Crippen LogP contribution in [0.15, 0.2) is 47.2 Å². The SMILES string of the molecule is C/C=C(\C)C1=CC=C(N(C)C)CC=C1. The van der Waals surface area contributed by atoms with Crippen molar-refractivity contribution in [1.29, 1.82) is 0 Å². The van der Waals surface area contributed by atoms with Gasteiger partial charge in [-0.25, -0.2) is 0 Å². The van der Waals surface area contributed by atoms with Crippen molar-refractivity contribution in [2.45, 2.75) is 20.3 Å². The normalized spacial score (nSPS) is 17.3. The molecule has 0 N–H and O–H groups in total. The van der Waals surface area contributed by atoms with Crippen LogP contribution < -0.4 is 0 Å². The molecule has 14 heavy (non-hydrogen) atoms. The summed E-state index contributed by atoms with van der Waals surface area (Å²) < 4.78 is 0. The number of allylic oxidation sites excluding steroid dienone is 7. The lowest BCUT2D eigenvalue weighted by Crippen LogP contribution is -2.09. The highest BCUT2D eigenvalue weighted by molar-refractivity contribution is 5.43. The predicted octanol–water partition coefficient (Wildman–Crippen LogP) is 3.28. The molecule has 1 nitrogen and oxygen atoms in total. The van der Waals surface area contributed by atoms with E-state index < -0.39 is 0 Å². The van der Waals surface area contributed by atoms with E-state index >= 15 is 0 Å². The fraction of sp³-hybridized carbons (Fsp3) is 0.385. The molecule has 0 saturated heterocycles. The first-order valence-electron chi connectivity index (χ1n) is 5.03. The lowest BCUT2D eigenvalue weighted by atomic mass is 10.1. The third-order valence-corrected chi connectivity index (χ3v) is 2.54. The van der Waals surface area contributed by atoms with Gasteiger partial charge >= 0.3 is 0 Å². The van der Waals surface area contributed by atoms with E-state index in [4.69, 9.17) is 0 Å². The lowest BCUT2D eigenvalue weighted by molar-refractivity contribution is 0.501. The van der Waals surface area contributed by atoms with Crippen LogP contribution in [-0.2, 0) is 0 Å². The molecule has 1 heteroatoms. The largest absolute Gasteiger partial charge is 0.381 e. The van der Waals surface area contributed by atoms with E-state index in [1.54, 1.807) is 0 Å². The molecule has 76 valence electrons. The summed E-state index contributed by atoms with van der Waals surface area (Å²) in [7, 11) is 4.17. The first-order chi connectivity index (χ1) is 6.65. The highest BCUT2D eigenvalue weighted by atomic mass is 15.1. The van der Waals surface area contributed by atoms with Crippen LogP contribution in [-0.4, -0.2) is 19.0 Å². The summed E-state index contributed by atoms with van der Waals surface area (Å²) in [5, 5.41) is 0. The molecule has 0 unspecified atom stereocenters. The molecule has 1 aliphatic rings. The standard InChI is InChI=1S/C13H19N/c1-5-11(2)12-7-6-8-13(10-9-12)14(3)4/h5-7,9-10H,8H2,1-4H3/b11-5+. The van der Waals surface area contributed by atoms with Gasteiger partial charge in [0.1, 0.15) is 0 Å². The lowest BCUT2D eigenvalue weighted by Gasteiger charge is -2.14. The fourth-order valence-electron chi connectivity index (χ4n) is 1.38. The van der Waals surface area contributed by atoms with Crippen molar-refractivity contribution in [3.63, 3.8) is 0 Å². The molecule has 0 amide bonds. The molecule has 0 spiro atoms. The maximum atomic E-state index is 2.22. The average Bonchev–Trinajstić information content (AvgIpc) is 2.41. The third kappa shape index (κ3) is 2.63. The van der Waals surface area contributed by atoms with E-state index in [9.17, 15) is 0 Å². The van der Waals surface area contributed by atoms with E-state index in [0.717, 1.165) is 6.42 Å². The molecule has 1 rings (SSSR count). The minimum absolute atomic E-state index is 1.02. The topological polar surface area (TPSA) is 3.24 Å². The summed E-state index contributed by atoms with van der Waals surface area (Å²) in [6.45, 7) is 4.22. The molecular weight excluding hydrogens is 170 g/mol. The minimum atomic E-state index is 1.02. The van der Waals surface area contributed by atoms with Gasteiger partial charge in [-0.3, -0.25) is 0 Å². The molecule has 0 heterocycles. The summed E-state index contributed by atoms with van der Waals surface area (Å²) in [6.07, 6.45) is 12.0. The smallest absolute Gasteiger partial charge is 0.0166 e. The van der Waals surface area contributed by atoms with Crippen molar-refractivity contribution >= 4 is 0 Å². The van der Waals surface area contributed by atoms with Crippen LogP contribution >= 0.6 is 0 Å². The second-order valence-electron chi connectivity index (χ2n) is 3.75. The van der Waals surface area contributed by atoms with Crippen molar-refractivity contribution in [2.24, 2.45) is 0 Å². The van der Waals surface area contributed by atoms with Gasteiger partial charge in [0.25, 0.3) is 0 Å². The van der Waals surface area contributed by atoms with E-state index in [-0.39, 0.29) is 0 Å². The molecule has 0 saturated carbocycles. The Bertz CT molecular complexity index is 314. The van der Waals surface area contributed by atoms with Crippen molar-refractivity contribution in [3.8, 4) is 0 Å². The van der Waals surface area contributed by atoms with Crippen LogP contribution in [0.5, 0.6) is 0 Å². The van der Waals surface area contributed by atoms with E-state index in [2.05, 4.69) is 63.2 Å². The zero-order chi connectivity index (χ0) is 10.6. The van der Waals surface area contributed by atoms with Gasteiger partial charge in [-0.2, -0.15) is 0 Å². The van der Waals surface area contributed by atoms with Crippen LogP contribution in [0, 0.1) is 0 Å². The summed E-state index contributed by atoms with van der Waals surface area (Å²) >= 11 is 0. The summed E-state index contributed by atoms with van der Waals surface area (Å²) in [6, 6.07) is 0. The summed E-state index contributed by atoms with van der Waals surface area (Å²) in [4.78, 5) is 2.16. The first-order valence-corrected chi connectivity index (χ1v) is 5.03. The van der Waals surface area contributed by atoms with Crippen molar-refractivity contribution in [2.75, 3.05) is 14.1 Å². The van der Waals surface area contributed by atoms with Gasteiger partial charge in [0, 0.05) is 26.2 Å². The maximum Gasteiger partial charge on any atom is 0.0166 e. The van der Waals surface area contributed by atoms with Crippen molar-refractivity contribution in [1.82, 2.24) is 4.90 Å². The molecule has 1 aliphatic carbocycles. The van der Waals surface area contributed by atoms with Crippen LogP contribution in [0.3, 0.4) is 0 Å². The van der Waals surface area contributed by atoms with Crippen LogP contribution in [0.1, 0.15) is 20.3 Å². The Morgan fingerprint density at radius 3 is 2.64 bits per heavy atom. The zero-order valence-electron chi connectivity index (χ0n) is 9.54. The molecule has 0 aliphatic heterocycles. The van der Waals surface area contributed by atoms with E-state index in [1.165, 1.54) is 16.8 Å². The number of nitrogens with zero attached hydrogens (tertiary/aromatic N) is 1. The van der Waals surface area contributed by atoms with E-state index in [0.29, 0.717) is 0 Å². The Morgan fingerprint density at radius 1 is 1.36 bits per heavy atom. The Kier molecular flexibility index (Phi) is 3.75. The molecule has 0 aromatic rings. The predicted molar refractivity (Wildman–Crippen MR) is 63.0 cm³/mol. The molecule has 0 atom stereocenters. The minimum Gasteiger partial charge on any atom is -0.381 e. The number of rotatable bonds is 2. The second kappa shape index (κ2) is 4.85. The van der Waals surface area contributed by atoms with E-state index in [1.807, 2.05) is 0 Å². The first kappa shape index (κ1) is 10.8. The van der Waals surface area contributed by atoms with Gasteiger partial charge in [0.2, 0.25) is 0 Å². The van der Waals surface area contributed by atoms with Crippen LogP contribution in [0.25, 0.3) is 0 Å². The zero-order valence-corrected chi connectivity index (χ0v) is 9.54. The van der Waals surface area contributed by atoms with Gasteiger partial charge in [0.15, 0.2) is 0 Å². The van der Waals surface area contributed by atoms with Crippen molar-refractivity contribution < 1.29 is 0 Å². The van der Waals surface area contributed by atoms with Crippen LogP contribution in [0.2, 0.25) is 0 Å². The number of hydrogen-bond donors (Lipinski definition) is 0. The highest BCUT2D eigenvalue weighted by Gasteiger charge is 2.01. The fourth-order valence-corrected chi connectivity index (χ4v) is 1.38. The Hall–Kier alpha value is -1.24. The van der Waals surface area contributed by atoms with Gasteiger partial charge in [0.05, 0.1) is 0 Å². The molecule has 0 fully saturated rings. The van der Waals surface area contributed by atoms with Gasteiger partial charge in [-0.15, -0.1) is 0 Å². The Balaban J connectivity index is 2.92. The van der Waals surface area contributed by atoms with Gasteiger partial charge in [-0.1, -0.05) is 24.3 Å². The maximum absolute atomic E-state index is 2.22. The Morgan fingerprint density at radius 2 is 2.07 bits per heavy atom. The molecular formula is C13H19N. The monoisotopic (exact) mass is 189 g/mol. The van der Waals surface area contributed by atoms with Gasteiger partial charge in [-0.05, 0) is 31.1 Å². The highest BCUT2D eigenvalue weighted by Crippen LogP contribution is 2.17. The molecule has 0 aromatic carbocycles. The second-order valence-corrected chi connectivity index (χ2v) is 3.75. The number of hydrogen-bond acceptors (Lipinski definition) is 1.